The lowest BCUT2D eigenvalue weighted by Gasteiger charge is -2.23. The van der Waals surface area contributed by atoms with Crippen molar-refractivity contribution >= 4 is 5.91 Å². The van der Waals surface area contributed by atoms with Gasteiger partial charge in [0.05, 0.1) is 0 Å². The molecule has 1 rings (SSSR count). The quantitative estimate of drug-likeness (QED) is 0.417. The van der Waals surface area contributed by atoms with Gasteiger partial charge in [0.25, 0.3) is 0 Å². The van der Waals surface area contributed by atoms with E-state index in [9.17, 15) is 4.79 Å². The van der Waals surface area contributed by atoms with Crippen molar-refractivity contribution in [3.8, 4) is 0 Å². The first-order chi connectivity index (χ1) is 7.19. The van der Waals surface area contributed by atoms with Crippen LogP contribution >= 0.6 is 0 Å². The average molecular weight is 212 g/mol. The zero-order valence-corrected chi connectivity index (χ0v) is 8.83. The summed E-state index contributed by atoms with van der Waals surface area (Å²) in [5, 5.41) is 12.3. The summed E-state index contributed by atoms with van der Waals surface area (Å²) in [4.78, 5) is 16.0. The van der Waals surface area contributed by atoms with Gasteiger partial charge in [-0.1, -0.05) is 5.11 Å². The van der Waals surface area contributed by atoms with Gasteiger partial charge in [-0.2, -0.15) is 0 Å². The first-order valence-electron chi connectivity index (χ1n) is 5.10. The summed E-state index contributed by atoms with van der Waals surface area (Å²) < 4.78 is 0. The molecular weight excluding hydrogens is 196 g/mol. The highest BCUT2D eigenvalue weighted by atomic mass is 16.3. The summed E-state index contributed by atoms with van der Waals surface area (Å²) in [5.41, 5.74) is 8.18. The fourth-order valence-electron chi connectivity index (χ4n) is 1.85. The van der Waals surface area contributed by atoms with Crippen LogP contribution in [0.25, 0.3) is 10.4 Å². The van der Waals surface area contributed by atoms with Crippen molar-refractivity contribution in [1.82, 2.24) is 4.90 Å². The maximum Gasteiger partial charge on any atom is 0.223 e. The first kappa shape index (κ1) is 11.8. The SMILES string of the molecule is C[C@H](CCO)N1CC(CN=[N+]=[N-])CC1=O. The summed E-state index contributed by atoms with van der Waals surface area (Å²) >= 11 is 0. The molecule has 0 spiro atoms. The lowest BCUT2D eigenvalue weighted by atomic mass is 10.1. The van der Waals surface area contributed by atoms with Crippen LogP contribution in [-0.2, 0) is 4.79 Å². The van der Waals surface area contributed by atoms with E-state index in [2.05, 4.69) is 10.0 Å². The minimum Gasteiger partial charge on any atom is -0.396 e. The van der Waals surface area contributed by atoms with Crippen molar-refractivity contribution < 1.29 is 9.90 Å². The summed E-state index contributed by atoms with van der Waals surface area (Å²) in [5.74, 6) is 0.226. The third-order valence-corrected chi connectivity index (χ3v) is 2.72. The predicted molar refractivity (Wildman–Crippen MR) is 55.0 cm³/mol. The molecule has 1 N–H and O–H groups in total. The standard InChI is InChI=1S/C9H16N4O2/c1-7(2-3-14)13-6-8(4-9(13)15)5-11-12-10/h7-8,14H,2-6H2,1H3/t7-,8?/m1/s1. The Morgan fingerprint density at radius 1 is 1.80 bits per heavy atom. The molecule has 1 fully saturated rings. The van der Waals surface area contributed by atoms with E-state index in [4.69, 9.17) is 10.6 Å². The van der Waals surface area contributed by atoms with Crippen LogP contribution in [0.15, 0.2) is 5.11 Å². The number of azide groups is 1. The van der Waals surface area contributed by atoms with Crippen LogP contribution in [0.5, 0.6) is 0 Å². The van der Waals surface area contributed by atoms with Gasteiger partial charge in [0.15, 0.2) is 0 Å². The second-order valence-corrected chi connectivity index (χ2v) is 3.89. The van der Waals surface area contributed by atoms with Crippen LogP contribution in [0.2, 0.25) is 0 Å². The highest BCUT2D eigenvalue weighted by Crippen LogP contribution is 2.21. The van der Waals surface area contributed by atoms with Gasteiger partial charge in [0, 0.05) is 37.1 Å². The van der Waals surface area contributed by atoms with Crippen LogP contribution in [-0.4, -0.2) is 41.7 Å². The van der Waals surface area contributed by atoms with Gasteiger partial charge >= 0.3 is 0 Å². The van der Waals surface area contributed by atoms with Crippen LogP contribution < -0.4 is 0 Å². The Labute approximate surface area is 88.5 Å². The first-order valence-corrected chi connectivity index (χ1v) is 5.10. The summed E-state index contributed by atoms with van der Waals surface area (Å²) in [7, 11) is 0. The van der Waals surface area contributed by atoms with E-state index in [1.165, 1.54) is 0 Å². The number of carbonyl (C=O) groups is 1. The van der Waals surface area contributed by atoms with Crippen molar-refractivity contribution in [2.24, 2.45) is 11.0 Å². The van der Waals surface area contributed by atoms with Gasteiger partial charge in [0.1, 0.15) is 0 Å². The summed E-state index contributed by atoms with van der Waals surface area (Å²) in [6, 6.07) is 0.0681. The molecule has 6 heteroatoms. The molecule has 1 amide bonds. The fourth-order valence-corrected chi connectivity index (χ4v) is 1.85. The third kappa shape index (κ3) is 3.11. The Morgan fingerprint density at radius 2 is 2.53 bits per heavy atom. The molecule has 84 valence electrons. The van der Waals surface area contributed by atoms with E-state index >= 15 is 0 Å². The van der Waals surface area contributed by atoms with Crippen LogP contribution in [0.3, 0.4) is 0 Å². The Hall–Kier alpha value is -1.26. The molecule has 0 radical (unpaired) electrons. The zero-order valence-electron chi connectivity index (χ0n) is 8.83. The van der Waals surface area contributed by atoms with Crippen LogP contribution in [0, 0.1) is 5.92 Å². The van der Waals surface area contributed by atoms with Crippen molar-refractivity contribution in [3.05, 3.63) is 10.4 Å². The lowest BCUT2D eigenvalue weighted by molar-refractivity contribution is -0.129. The molecule has 1 unspecified atom stereocenters. The van der Waals surface area contributed by atoms with Crippen LogP contribution in [0.1, 0.15) is 19.8 Å². The summed E-state index contributed by atoms with van der Waals surface area (Å²) in [6.07, 6.45) is 1.05. The maximum atomic E-state index is 11.6. The molecule has 1 saturated heterocycles. The minimum atomic E-state index is 0.0681. The number of hydrogen-bond acceptors (Lipinski definition) is 3. The monoisotopic (exact) mass is 212 g/mol. The molecule has 15 heavy (non-hydrogen) atoms. The number of amides is 1. The molecule has 6 nitrogen and oxygen atoms in total. The van der Waals surface area contributed by atoms with Crippen molar-refractivity contribution in [2.45, 2.75) is 25.8 Å². The molecule has 0 bridgehead atoms. The van der Waals surface area contributed by atoms with E-state index in [0.29, 0.717) is 25.9 Å². The summed E-state index contributed by atoms with van der Waals surface area (Å²) in [6.45, 7) is 3.03. The van der Waals surface area contributed by atoms with Gasteiger partial charge in [0.2, 0.25) is 5.91 Å². The Balaban J connectivity index is 2.48. The molecule has 1 aliphatic heterocycles. The zero-order chi connectivity index (χ0) is 11.3. The van der Waals surface area contributed by atoms with Gasteiger partial charge in [-0.25, -0.2) is 0 Å². The van der Waals surface area contributed by atoms with Gasteiger partial charge < -0.3 is 10.0 Å². The average Bonchev–Trinajstić information content (AvgIpc) is 2.57. The molecule has 0 aromatic heterocycles. The molecule has 0 aromatic carbocycles. The molecule has 0 aromatic rings. The predicted octanol–water partition coefficient (Wildman–Crippen LogP) is 0.916. The van der Waals surface area contributed by atoms with Gasteiger partial charge in [-0.3, -0.25) is 4.79 Å². The van der Waals surface area contributed by atoms with Gasteiger partial charge in [-0.05, 0) is 24.8 Å². The van der Waals surface area contributed by atoms with E-state index in [1.54, 1.807) is 4.90 Å². The Bertz CT molecular complexity index is 275. The fraction of sp³-hybridized carbons (Fsp3) is 0.889. The molecule has 1 heterocycles. The maximum absolute atomic E-state index is 11.6. The second-order valence-electron chi connectivity index (χ2n) is 3.89. The number of aliphatic hydroxyl groups is 1. The van der Waals surface area contributed by atoms with Crippen molar-refractivity contribution in [3.63, 3.8) is 0 Å². The normalized spacial score (nSPS) is 22.7. The molecular formula is C9H16N4O2. The van der Waals surface area contributed by atoms with Gasteiger partial charge in [-0.15, -0.1) is 0 Å². The Morgan fingerprint density at radius 3 is 3.13 bits per heavy atom. The highest BCUT2D eigenvalue weighted by molar-refractivity contribution is 5.79. The van der Waals surface area contributed by atoms with Crippen molar-refractivity contribution in [1.29, 1.82) is 0 Å². The number of likely N-dealkylation sites (tertiary alicyclic amines) is 1. The lowest BCUT2D eigenvalue weighted by Crippen LogP contribution is -2.35. The molecule has 1 aliphatic rings. The highest BCUT2D eigenvalue weighted by Gasteiger charge is 2.31. The minimum absolute atomic E-state index is 0.0681. The smallest absolute Gasteiger partial charge is 0.223 e. The molecule has 0 saturated carbocycles. The molecule has 0 aliphatic carbocycles. The molecule has 2 atom stereocenters. The Kier molecular flexibility index (Phi) is 4.39. The number of carbonyl (C=O) groups excluding carboxylic acids is 1. The van der Waals surface area contributed by atoms with E-state index < -0.39 is 0 Å². The van der Waals surface area contributed by atoms with E-state index in [0.717, 1.165) is 0 Å². The van der Waals surface area contributed by atoms with Crippen molar-refractivity contribution in [2.75, 3.05) is 19.7 Å². The number of hydrogen-bond donors (Lipinski definition) is 1. The topological polar surface area (TPSA) is 89.3 Å². The number of nitrogens with zero attached hydrogens (tertiary/aromatic N) is 4. The van der Waals surface area contributed by atoms with Crippen LogP contribution in [0.4, 0.5) is 0 Å². The second kappa shape index (κ2) is 5.58. The number of rotatable bonds is 5. The number of aliphatic hydroxyl groups excluding tert-OH is 1. The largest absolute Gasteiger partial charge is 0.396 e. The van der Waals surface area contributed by atoms with E-state index in [1.807, 2.05) is 6.92 Å². The van der Waals surface area contributed by atoms with E-state index in [-0.39, 0.29) is 24.5 Å². The third-order valence-electron chi connectivity index (χ3n) is 2.72.